The summed E-state index contributed by atoms with van der Waals surface area (Å²) in [5.74, 6) is 0.251. The predicted octanol–water partition coefficient (Wildman–Crippen LogP) is 2.04. The van der Waals surface area contributed by atoms with Crippen molar-refractivity contribution < 1.29 is 4.79 Å². The molecule has 3 N–H and O–H groups in total. The summed E-state index contributed by atoms with van der Waals surface area (Å²) < 4.78 is 1.88. The fourth-order valence-electron chi connectivity index (χ4n) is 1.60. The molecule has 2 aromatic rings. The molecule has 0 saturated carbocycles. The van der Waals surface area contributed by atoms with Gasteiger partial charge in [0.05, 0.1) is 5.75 Å². The van der Waals surface area contributed by atoms with Crippen LogP contribution in [0.15, 0.2) is 35.7 Å². The van der Waals surface area contributed by atoms with Crippen LogP contribution < -0.4 is 11.1 Å². The SMILES string of the molecule is Cc1c(N)cccc1NC(=O)CSc1nccn1C. The van der Waals surface area contributed by atoms with Crippen molar-refractivity contribution in [2.24, 2.45) is 7.05 Å². The van der Waals surface area contributed by atoms with Gasteiger partial charge in [0.25, 0.3) is 0 Å². The minimum atomic E-state index is -0.0679. The molecule has 0 spiro atoms. The third-order valence-electron chi connectivity index (χ3n) is 2.76. The summed E-state index contributed by atoms with van der Waals surface area (Å²) in [6.45, 7) is 1.89. The molecule has 1 aromatic heterocycles. The molecule has 0 aliphatic carbocycles. The van der Waals surface area contributed by atoms with Gasteiger partial charge in [-0.15, -0.1) is 0 Å². The molecule has 0 bridgehead atoms. The third kappa shape index (κ3) is 3.29. The fourth-order valence-corrected chi connectivity index (χ4v) is 2.33. The van der Waals surface area contributed by atoms with Crippen LogP contribution in [0.3, 0.4) is 0 Å². The summed E-state index contributed by atoms with van der Waals surface area (Å²) in [6.07, 6.45) is 3.56. The molecule has 6 heteroatoms. The van der Waals surface area contributed by atoms with Crippen LogP contribution in [0.5, 0.6) is 0 Å². The Kier molecular flexibility index (Phi) is 4.11. The van der Waals surface area contributed by atoms with Gasteiger partial charge in [0, 0.05) is 30.8 Å². The lowest BCUT2D eigenvalue weighted by atomic mass is 10.1. The van der Waals surface area contributed by atoms with E-state index in [4.69, 9.17) is 5.73 Å². The van der Waals surface area contributed by atoms with Crippen LogP contribution >= 0.6 is 11.8 Å². The van der Waals surface area contributed by atoms with Crippen molar-refractivity contribution in [1.82, 2.24) is 9.55 Å². The average molecular weight is 276 g/mol. The molecule has 2 rings (SSSR count). The fraction of sp³-hybridized carbons (Fsp3) is 0.231. The predicted molar refractivity (Wildman–Crippen MR) is 78.2 cm³/mol. The lowest BCUT2D eigenvalue weighted by Crippen LogP contribution is -2.15. The number of anilines is 2. The summed E-state index contributed by atoms with van der Waals surface area (Å²) in [5, 5.41) is 3.68. The van der Waals surface area contributed by atoms with Crippen molar-refractivity contribution >= 4 is 29.0 Å². The molecule has 5 nitrogen and oxygen atoms in total. The normalized spacial score (nSPS) is 10.4. The molecule has 0 unspecified atom stereocenters. The molecule has 0 saturated heterocycles. The van der Waals surface area contributed by atoms with Gasteiger partial charge in [0.15, 0.2) is 5.16 Å². The van der Waals surface area contributed by atoms with E-state index in [0.29, 0.717) is 11.4 Å². The second kappa shape index (κ2) is 5.79. The topological polar surface area (TPSA) is 72.9 Å². The number of nitrogens with zero attached hydrogens (tertiary/aromatic N) is 2. The number of amides is 1. The number of aryl methyl sites for hydroxylation is 1. The lowest BCUT2D eigenvalue weighted by Gasteiger charge is -2.09. The highest BCUT2D eigenvalue weighted by atomic mass is 32.2. The van der Waals surface area contributed by atoms with Gasteiger partial charge in [-0.2, -0.15) is 0 Å². The smallest absolute Gasteiger partial charge is 0.234 e. The number of hydrogen-bond acceptors (Lipinski definition) is 4. The molecule has 1 aromatic carbocycles. The Bertz CT molecular complexity index is 594. The largest absolute Gasteiger partial charge is 0.398 e. The summed E-state index contributed by atoms with van der Waals surface area (Å²) in [6, 6.07) is 5.48. The van der Waals surface area contributed by atoms with Gasteiger partial charge in [-0.1, -0.05) is 17.8 Å². The Morgan fingerprint density at radius 2 is 2.32 bits per heavy atom. The van der Waals surface area contributed by atoms with Crippen molar-refractivity contribution in [2.45, 2.75) is 12.1 Å². The number of hydrogen-bond donors (Lipinski definition) is 2. The lowest BCUT2D eigenvalue weighted by molar-refractivity contribution is -0.113. The number of thioether (sulfide) groups is 1. The van der Waals surface area contributed by atoms with E-state index in [1.807, 2.05) is 42.9 Å². The first-order valence-corrected chi connectivity index (χ1v) is 6.81. The average Bonchev–Trinajstić information content (AvgIpc) is 2.78. The molecule has 0 atom stereocenters. The van der Waals surface area contributed by atoms with Gasteiger partial charge in [0.2, 0.25) is 5.91 Å². The zero-order chi connectivity index (χ0) is 13.8. The molecule has 100 valence electrons. The van der Waals surface area contributed by atoms with Crippen molar-refractivity contribution in [1.29, 1.82) is 0 Å². The van der Waals surface area contributed by atoms with Gasteiger partial charge in [-0.3, -0.25) is 4.79 Å². The molecule has 0 radical (unpaired) electrons. The van der Waals surface area contributed by atoms with Gasteiger partial charge in [-0.25, -0.2) is 4.98 Å². The van der Waals surface area contributed by atoms with Crippen molar-refractivity contribution in [3.05, 3.63) is 36.2 Å². The zero-order valence-corrected chi connectivity index (χ0v) is 11.7. The molecule has 0 aliphatic rings. The van der Waals surface area contributed by atoms with E-state index in [1.54, 1.807) is 6.20 Å². The van der Waals surface area contributed by atoms with E-state index < -0.39 is 0 Å². The van der Waals surface area contributed by atoms with Crippen LogP contribution in [0, 0.1) is 6.92 Å². The van der Waals surface area contributed by atoms with Crippen molar-refractivity contribution in [2.75, 3.05) is 16.8 Å². The molecule has 0 fully saturated rings. The van der Waals surface area contributed by atoms with Crippen LogP contribution in [-0.4, -0.2) is 21.2 Å². The highest BCUT2D eigenvalue weighted by molar-refractivity contribution is 7.99. The Labute approximate surface area is 116 Å². The van der Waals surface area contributed by atoms with Crippen LogP contribution in [0.25, 0.3) is 0 Å². The van der Waals surface area contributed by atoms with E-state index in [-0.39, 0.29) is 5.91 Å². The number of imidazole rings is 1. The van der Waals surface area contributed by atoms with Crippen LogP contribution in [-0.2, 0) is 11.8 Å². The molecule has 19 heavy (non-hydrogen) atoms. The maximum Gasteiger partial charge on any atom is 0.234 e. The summed E-state index contributed by atoms with van der Waals surface area (Å²) in [4.78, 5) is 16.0. The minimum Gasteiger partial charge on any atom is -0.398 e. The van der Waals surface area contributed by atoms with Gasteiger partial charge in [0.1, 0.15) is 0 Å². The number of nitrogen functional groups attached to an aromatic ring is 1. The first-order valence-electron chi connectivity index (χ1n) is 5.83. The highest BCUT2D eigenvalue weighted by Gasteiger charge is 2.08. The van der Waals surface area contributed by atoms with Gasteiger partial charge < -0.3 is 15.6 Å². The maximum absolute atomic E-state index is 11.9. The van der Waals surface area contributed by atoms with E-state index >= 15 is 0 Å². The summed E-state index contributed by atoms with van der Waals surface area (Å²) >= 11 is 1.40. The highest BCUT2D eigenvalue weighted by Crippen LogP contribution is 2.21. The summed E-state index contributed by atoms with van der Waals surface area (Å²) in [7, 11) is 1.90. The Morgan fingerprint density at radius 1 is 1.53 bits per heavy atom. The first-order chi connectivity index (χ1) is 9.08. The quantitative estimate of drug-likeness (QED) is 0.662. The molecular weight excluding hydrogens is 260 g/mol. The number of benzene rings is 1. The second-order valence-corrected chi connectivity index (χ2v) is 5.12. The second-order valence-electron chi connectivity index (χ2n) is 4.18. The third-order valence-corrected chi connectivity index (χ3v) is 3.82. The number of nitrogens with two attached hydrogens (primary N) is 1. The Morgan fingerprint density at radius 3 is 3.00 bits per heavy atom. The van der Waals surface area contributed by atoms with Crippen LogP contribution in [0.4, 0.5) is 11.4 Å². The van der Waals surface area contributed by atoms with Gasteiger partial charge >= 0.3 is 0 Å². The van der Waals surface area contributed by atoms with E-state index in [1.165, 1.54) is 11.8 Å². The van der Waals surface area contributed by atoms with Crippen molar-refractivity contribution in [3.8, 4) is 0 Å². The van der Waals surface area contributed by atoms with E-state index in [9.17, 15) is 4.79 Å². The number of nitrogens with one attached hydrogen (secondary N) is 1. The Balaban J connectivity index is 1.95. The number of carbonyl (C=O) groups is 1. The van der Waals surface area contributed by atoms with Crippen molar-refractivity contribution in [3.63, 3.8) is 0 Å². The zero-order valence-electron chi connectivity index (χ0n) is 10.9. The molecule has 1 amide bonds. The maximum atomic E-state index is 11.9. The standard InChI is InChI=1S/C13H16N4OS/c1-9-10(14)4-3-5-11(9)16-12(18)8-19-13-15-6-7-17(13)2/h3-7H,8,14H2,1-2H3,(H,16,18). The van der Waals surface area contributed by atoms with E-state index in [2.05, 4.69) is 10.3 Å². The van der Waals surface area contributed by atoms with Crippen LogP contribution in [0.2, 0.25) is 0 Å². The Hall–Kier alpha value is -1.95. The number of carbonyl (C=O) groups excluding carboxylic acids is 1. The van der Waals surface area contributed by atoms with E-state index in [0.717, 1.165) is 16.4 Å². The molecule has 1 heterocycles. The summed E-state index contributed by atoms with van der Waals surface area (Å²) in [5.41, 5.74) is 8.11. The first kappa shape index (κ1) is 13.5. The number of rotatable bonds is 4. The minimum absolute atomic E-state index is 0.0679. The molecular formula is C13H16N4OS. The monoisotopic (exact) mass is 276 g/mol. The van der Waals surface area contributed by atoms with Crippen LogP contribution in [0.1, 0.15) is 5.56 Å². The van der Waals surface area contributed by atoms with Gasteiger partial charge in [-0.05, 0) is 24.6 Å². The molecule has 0 aliphatic heterocycles. The number of aromatic nitrogens is 2.